The number of hydrogen-bond acceptors (Lipinski definition) is 3. The van der Waals surface area contributed by atoms with E-state index < -0.39 is 0 Å². The number of likely N-dealkylation sites (tertiary alicyclic amines) is 1. The normalized spacial score (nSPS) is 25.1. The number of carbonyl (C=O) groups is 1. The van der Waals surface area contributed by atoms with E-state index in [0.717, 1.165) is 25.1 Å². The Labute approximate surface area is 147 Å². The lowest BCUT2D eigenvalue weighted by atomic mass is 9.89. The largest absolute Gasteiger partial charge is 0.459 e. The zero-order valence-electron chi connectivity index (χ0n) is 14.6. The third-order valence-corrected chi connectivity index (χ3v) is 5.54. The molecule has 3 heterocycles. The molecule has 0 N–H and O–H groups in total. The summed E-state index contributed by atoms with van der Waals surface area (Å²) in [6.07, 6.45) is 3.40. The lowest BCUT2D eigenvalue weighted by Crippen LogP contribution is -2.50. The Morgan fingerprint density at radius 3 is 2.84 bits per heavy atom. The molecule has 25 heavy (non-hydrogen) atoms. The van der Waals surface area contributed by atoms with E-state index in [1.165, 1.54) is 12.3 Å². The highest BCUT2D eigenvalue weighted by Gasteiger charge is 2.48. The summed E-state index contributed by atoms with van der Waals surface area (Å²) in [4.78, 5) is 16.8. The smallest absolute Gasteiger partial charge is 0.289 e. The van der Waals surface area contributed by atoms with Crippen LogP contribution in [0.3, 0.4) is 0 Å². The summed E-state index contributed by atoms with van der Waals surface area (Å²) in [7, 11) is 0. The standard InChI is InChI=1S/C20H23FN2O2/c1-20(2)12-14-13-22(19(24)18-7-4-10-25-18)9-8-17(14)23(20)16-6-3-5-15(21)11-16/h3-7,10-11,14,17H,8-9,12-13H2,1-2H3/t14-,17+/m1/s1. The van der Waals surface area contributed by atoms with Crippen LogP contribution in [0.5, 0.6) is 0 Å². The lowest BCUT2D eigenvalue weighted by molar-refractivity contribution is 0.0635. The first-order chi connectivity index (χ1) is 12.0. The molecule has 1 aromatic heterocycles. The van der Waals surface area contributed by atoms with Crippen molar-refractivity contribution in [1.29, 1.82) is 0 Å². The van der Waals surface area contributed by atoms with Crippen molar-refractivity contribution < 1.29 is 13.6 Å². The third kappa shape index (κ3) is 2.81. The van der Waals surface area contributed by atoms with Crippen molar-refractivity contribution in [2.24, 2.45) is 5.92 Å². The number of nitrogens with zero attached hydrogens (tertiary/aromatic N) is 2. The van der Waals surface area contributed by atoms with Crippen LogP contribution in [0.15, 0.2) is 47.1 Å². The number of amides is 1. The quantitative estimate of drug-likeness (QED) is 0.829. The summed E-state index contributed by atoms with van der Waals surface area (Å²) in [5, 5.41) is 0. The first-order valence-corrected chi connectivity index (χ1v) is 8.83. The van der Waals surface area contributed by atoms with Crippen LogP contribution in [0.2, 0.25) is 0 Å². The van der Waals surface area contributed by atoms with Gasteiger partial charge in [-0.3, -0.25) is 4.79 Å². The highest BCUT2D eigenvalue weighted by atomic mass is 19.1. The third-order valence-electron chi connectivity index (χ3n) is 5.54. The molecule has 2 atom stereocenters. The van der Waals surface area contributed by atoms with Crippen molar-refractivity contribution in [3.8, 4) is 0 Å². The molecule has 0 spiro atoms. The number of anilines is 1. The van der Waals surface area contributed by atoms with Gasteiger partial charge in [0.2, 0.25) is 0 Å². The molecular formula is C20H23FN2O2. The van der Waals surface area contributed by atoms with Crippen molar-refractivity contribution in [2.45, 2.75) is 38.3 Å². The maximum atomic E-state index is 13.7. The van der Waals surface area contributed by atoms with Gasteiger partial charge in [0.1, 0.15) is 5.82 Å². The first kappa shape index (κ1) is 16.2. The molecule has 1 amide bonds. The van der Waals surface area contributed by atoms with Crippen LogP contribution in [0.25, 0.3) is 0 Å². The first-order valence-electron chi connectivity index (χ1n) is 8.83. The second-order valence-corrected chi connectivity index (χ2v) is 7.71. The van der Waals surface area contributed by atoms with Crippen LogP contribution in [0, 0.1) is 11.7 Å². The van der Waals surface area contributed by atoms with Gasteiger partial charge < -0.3 is 14.2 Å². The summed E-state index contributed by atoms with van der Waals surface area (Å²) >= 11 is 0. The van der Waals surface area contributed by atoms with Gasteiger partial charge in [0, 0.05) is 30.4 Å². The molecule has 0 radical (unpaired) electrons. The summed E-state index contributed by atoms with van der Waals surface area (Å²) in [6.45, 7) is 5.83. The van der Waals surface area contributed by atoms with Crippen molar-refractivity contribution in [1.82, 2.24) is 4.90 Å². The molecule has 0 bridgehead atoms. The Morgan fingerprint density at radius 1 is 1.28 bits per heavy atom. The van der Waals surface area contributed by atoms with E-state index in [1.54, 1.807) is 24.3 Å². The fraction of sp³-hybridized carbons (Fsp3) is 0.450. The average molecular weight is 342 g/mol. The molecule has 2 aliphatic heterocycles. The fourth-order valence-corrected chi connectivity index (χ4v) is 4.66. The maximum Gasteiger partial charge on any atom is 0.289 e. The second-order valence-electron chi connectivity index (χ2n) is 7.71. The Bertz CT molecular complexity index is 772. The fourth-order valence-electron chi connectivity index (χ4n) is 4.66. The predicted octanol–water partition coefficient (Wildman–Crippen LogP) is 3.94. The van der Waals surface area contributed by atoms with Gasteiger partial charge in [-0.15, -0.1) is 0 Å². The van der Waals surface area contributed by atoms with E-state index in [4.69, 9.17) is 4.42 Å². The monoisotopic (exact) mass is 342 g/mol. The molecule has 0 saturated carbocycles. The molecule has 2 aliphatic rings. The van der Waals surface area contributed by atoms with Crippen molar-refractivity contribution >= 4 is 11.6 Å². The zero-order valence-corrected chi connectivity index (χ0v) is 14.6. The van der Waals surface area contributed by atoms with Crippen LogP contribution in [0.1, 0.15) is 37.2 Å². The predicted molar refractivity (Wildman–Crippen MR) is 94.1 cm³/mol. The van der Waals surface area contributed by atoms with E-state index in [9.17, 15) is 9.18 Å². The summed E-state index contributed by atoms with van der Waals surface area (Å²) in [5.74, 6) is 0.538. The Morgan fingerprint density at radius 2 is 2.12 bits per heavy atom. The van der Waals surface area contributed by atoms with Gasteiger partial charge in [-0.2, -0.15) is 0 Å². The SMILES string of the molecule is CC1(C)C[C@@H]2CN(C(=O)c3ccco3)CC[C@@H]2N1c1cccc(F)c1. The summed E-state index contributed by atoms with van der Waals surface area (Å²) in [6, 6.07) is 10.6. The molecule has 4 rings (SSSR count). The highest BCUT2D eigenvalue weighted by molar-refractivity contribution is 5.91. The molecular weight excluding hydrogens is 319 g/mol. The van der Waals surface area contributed by atoms with E-state index >= 15 is 0 Å². The van der Waals surface area contributed by atoms with Crippen LogP contribution >= 0.6 is 0 Å². The Hall–Kier alpha value is -2.30. The van der Waals surface area contributed by atoms with Gasteiger partial charge in [0.05, 0.1) is 6.26 Å². The van der Waals surface area contributed by atoms with Gasteiger partial charge in [0.25, 0.3) is 5.91 Å². The van der Waals surface area contributed by atoms with Gasteiger partial charge in [-0.25, -0.2) is 4.39 Å². The van der Waals surface area contributed by atoms with Crippen molar-refractivity contribution in [3.05, 3.63) is 54.2 Å². The minimum Gasteiger partial charge on any atom is -0.459 e. The number of halogens is 1. The van der Waals surface area contributed by atoms with Crippen LogP contribution < -0.4 is 4.90 Å². The van der Waals surface area contributed by atoms with Crippen LogP contribution in [-0.2, 0) is 0 Å². The Kier molecular flexibility index (Phi) is 3.82. The highest BCUT2D eigenvalue weighted by Crippen LogP contribution is 2.44. The van der Waals surface area contributed by atoms with Gasteiger partial charge >= 0.3 is 0 Å². The van der Waals surface area contributed by atoms with Crippen molar-refractivity contribution in [2.75, 3.05) is 18.0 Å². The number of carbonyl (C=O) groups excluding carboxylic acids is 1. The molecule has 2 aromatic rings. The number of fused-ring (bicyclic) bond motifs is 1. The maximum absolute atomic E-state index is 13.7. The summed E-state index contributed by atoms with van der Waals surface area (Å²) in [5.41, 5.74) is 0.871. The zero-order chi connectivity index (χ0) is 17.6. The molecule has 0 unspecified atom stereocenters. The van der Waals surface area contributed by atoms with Crippen LogP contribution in [0.4, 0.5) is 10.1 Å². The molecule has 5 heteroatoms. The number of furan rings is 1. The number of rotatable bonds is 2. The summed E-state index contributed by atoms with van der Waals surface area (Å²) < 4.78 is 19.0. The van der Waals surface area contributed by atoms with Crippen molar-refractivity contribution in [3.63, 3.8) is 0 Å². The van der Waals surface area contributed by atoms with E-state index in [1.807, 2.05) is 11.0 Å². The molecule has 132 valence electrons. The minimum atomic E-state index is -0.206. The molecule has 2 fully saturated rings. The van der Waals surface area contributed by atoms with E-state index in [0.29, 0.717) is 24.3 Å². The molecule has 0 aliphatic carbocycles. The molecule has 2 saturated heterocycles. The number of benzene rings is 1. The lowest BCUT2D eigenvalue weighted by Gasteiger charge is -2.41. The molecule has 1 aromatic carbocycles. The van der Waals surface area contributed by atoms with E-state index in [2.05, 4.69) is 18.7 Å². The molecule has 4 nitrogen and oxygen atoms in total. The van der Waals surface area contributed by atoms with Gasteiger partial charge in [-0.1, -0.05) is 6.07 Å². The topological polar surface area (TPSA) is 36.7 Å². The van der Waals surface area contributed by atoms with Crippen LogP contribution in [-0.4, -0.2) is 35.5 Å². The number of hydrogen-bond donors (Lipinski definition) is 0. The Balaban J connectivity index is 1.57. The van der Waals surface area contributed by atoms with Gasteiger partial charge in [-0.05, 0) is 62.9 Å². The van der Waals surface area contributed by atoms with Gasteiger partial charge in [0.15, 0.2) is 5.76 Å². The number of piperidine rings is 1. The minimum absolute atomic E-state index is 0.0366. The van der Waals surface area contributed by atoms with E-state index in [-0.39, 0.29) is 17.3 Å². The second kappa shape index (κ2) is 5.90. The average Bonchev–Trinajstić information content (AvgIpc) is 3.17.